The van der Waals surface area contributed by atoms with Crippen LogP contribution in [-0.4, -0.2) is 24.0 Å². The van der Waals surface area contributed by atoms with Gasteiger partial charge < -0.3 is 10.1 Å². The summed E-state index contributed by atoms with van der Waals surface area (Å²) in [6, 6.07) is 10.5. The highest BCUT2D eigenvalue weighted by atomic mass is 16.5. The predicted octanol–water partition coefficient (Wildman–Crippen LogP) is 6.06. The number of nitrogens with one attached hydrogen (secondary N) is 1. The van der Waals surface area contributed by atoms with Crippen molar-refractivity contribution in [1.82, 2.24) is 10.3 Å². The number of methoxy groups -OCH3 is 1. The lowest BCUT2D eigenvalue weighted by atomic mass is 9.99. The Kier molecular flexibility index (Phi) is 9.09. The molecule has 3 rings (SSSR count). The summed E-state index contributed by atoms with van der Waals surface area (Å²) in [5, 5.41) is 3.11. The number of hydrogen-bond donors (Lipinski definition) is 1. The zero-order valence-corrected chi connectivity index (χ0v) is 19.7. The molecule has 0 unspecified atom stereocenters. The lowest BCUT2D eigenvalue weighted by molar-refractivity contribution is -0.117. The van der Waals surface area contributed by atoms with Gasteiger partial charge in [0, 0.05) is 24.5 Å². The standard InChI is InChI=1S/C28H36N2O2/c1-4-5-6-12-26-23(18-24-19-25(32-3)14-15-27(24)26)13-16-28(31)30-21(2)9-7-10-22-11-8-17-29-20-22/h8,11,13-17,19-21H,4-7,9-10,12,18H2,1-3H3,(H,30,31)/t21-/m1/s1. The summed E-state index contributed by atoms with van der Waals surface area (Å²) >= 11 is 0. The Morgan fingerprint density at radius 1 is 1.22 bits per heavy atom. The van der Waals surface area contributed by atoms with Crippen LogP contribution in [0.15, 0.2) is 60.5 Å². The van der Waals surface area contributed by atoms with Crippen molar-refractivity contribution < 1.29 is 9.53 Å². The first kappa shape index (κ1) is 23.8. The highest BCUT2D eigenvalue weighted by Crippen LogP contribution is 2.38. The smallest absolute Gasteiger partial charge is 0.244 e. The first-order valence-corrected chi connectivity index (χ1v) is 11.9. The van der Waals surface area contributed by atoms with Crippen LogP contribution in [0, 0.1) is 0 Å². The van der Waals surface area contributed by atoms with Crippen LogP contribution >= 0.6 is 0 Å². The Morgan fingerprint density at radius 2 is 2.09 bits per heavy atom. The van der Waals surface area contributed by atoms with Crippen molar-refractivity contribution in [1.29, 1.82) is 0 Å². The first-order chi connectivity index (χ1) is 15.6. The monoisotopic (exact) mass is 432 g/mol. The number of aryl methyl sites for hydroxylation is 1. The minimum atomic E-state index is -0.0205. The molecule has 1 heterocycles. The third-order valence-corrected chi connectivity index (χ3v) is 6.09. The molecule has 0 fully saturated rings. The summed E-state index contributed by atoms with van der Waals surface area (Å²) in [5.41, 5.74) is 6.48. The second-order valence-electron chi connectivity index (χ2n) is 8.66. The van der Waals surface area contributed by atoms with Crippen LogP contribution < -0.4 is 10.1 Å². The third kappa shape index (κ3) is 6.81. The van der Waals surface area contributed by atoms with Gasteiger partial charge in [-0.1, -0.05) is 38.0 Å². The van der Waals surface area contributed by atoms with E-state index in [1.807, 2.05) is 24.4 Å². The van der Waals surface area contributed by atoms with Gasteiger partial charge in [0.25, 0.3) is 0 Å². The maximum absolute atomic E-state index is 12.5. The predicted molar refractivity (Wildman–Crippen MR) is 132 cm³/mol. The van der Waals surface area contributed by atoms with Crippen LogP contribution in [0.2, 0.25) is 0 Å². The number of fused-ring (bicyclic) bond motifs is 1. The van der Waals surface area contributed by atoms with Gasteiger partial charge in [0.05, 0.1) is 7.11 Å². The molecule has 1 atom stereocenters. The van der Waals surface area contributed by atoms with E-state index in [-0.39, 0.29) is 11.9 Å². The van der Waals surface area contributed by atoms with E-state index in [4.69, 9.17) is 4.74 Å². The van der Waals surface area contributed by atoms with E-state index >= 15 is 0 Å². The average molecular weight is 433 g/mol. The van der Waals surface area contributed by atoms with Crippen molar-refractivity contribution >= 4 is 11.5 Å². The second kappa shape index (κ2) is 12.2. The molecule has 1 aromatic heterocycles. The van der Waals surface area contributed by atoms with Gasteiger partial charge in [0.2, 0.25) is 5.91 Å². The molecule has 0 spiro atoms. The van der Waals surface area contributed by atoms with Gasteiger partial charge in [-0.2, -0.15) is 0 Å². The lowest BCUT2D eigenvalue weighted by Gasteiger charge is -2.12. The quantitative estimate of drug-likeness (QED) is 0.327. The number of amides is 1. The van der Waals surface area contributed by atoms with Crippen molar-refractivity contribution in [2.24, 2.45) is 0 Å². The fraction of sp³-hybridized carbons (Fsp3) is 0.429. The van der Waals surface area contributed by atoms with E-state index in [0.29, 0.717) is 0 Å². The summed E-state index contributed by atoms with van der Waals surface area (Å²) < 4.78 is 5.41. The summed E-state index contributed by atoms with van der Waals surface area (Å²) in [4.78, 5) is 16.7. The van der Waals surface area contributed by atoms with E-state index in [2.05, 4.69) is 42.3 Å². The topological polar surface area (TPSA) is 51.2 Å². The third-order valence-electron chi connectivity index (χ3n) is 6.09. The Labute approximate surface area is 192 Å². The number of hydrogen-bond acceptors (Lipinski definition) is 3. The van der Waals surface area contributed by atoms with Crippen molar-refractivity contribution in [3.05, 3.63) is 77.1 Å². The number of rotatable bonds is 12. The molecule has 1 aromatic carbocycles. The van der Waals surface area contributed by atoms with Gasteiger partial charge in [0.15, 0.2) is 0 Å². The number of benzene rings is 1. The van der Waals surface area contributed by atoms with Crippen molar-refractivity contribution in [2.75, 3.05) is 7.11 Å². The number of allylic oxidation sites excluding steroid dienone is 3. The molecule has 1 N–H and O–H groups in total. The molecule has 0 saturated carbocycles. The normalized spacial score (nSPS) is 14.0. The van der Waals surface area contributed by atoms with Crippen LogP contribution in [0.25, 0.3) is 5.57 Å². The van der Waals surface area contributed by atoms with Gasteiger partial charge in [-0.15, -0.1) is 0 Å². The highest BCUT2D eigenvalue weighted by molar-refractivity contribution is 5.89. The van der Waals surface area contributed by atoms with Crippen LogP contribution in [0.1, 0.15) is 69.1 Å². The van der Waals surface area contributed by atoms with Crippen LogP contribution in [0.4, 0.5) is 0 Å². The van der Waals surface area contributed by atoms with Gasteiger partial charge >= 0.3 is 0 Å². The molecule has 1 aliphatic rings. The van der Waals surface area contributed by atoms with Gasteiger partial charge in [0.1, 0.15) is 5.75 Å². The molecule has 0 saturated heterocycles. The Hall–Kier alpha value is -2.88. The minimum absolute atomic E-state index is 0.0205. The number of nitrogens with zero attached hydrogens (tertiary/aromatic N) is 1. The molecule has 1 aliphatic carbocycles. The molecular weight excluding hydrogens is 396 g/mol. The molecular formula is C28H36N2O2. The molecule has 0 aliphatic heterocycles. The van der Waals surface area contributed by atoms with Crippen LogP contribution in [0.3, 0.4) is 0 Å². The molecule has 0 radical (unpaired) electrons. The summed E-state index contributed by atoms with van der Waals surface area (Å²) in [5.74, 6) is 0.868. The molecule has 2 aromatic rings. The first-order valence-electron chi connectivity index (χ1n) is 11.9. The molecule has 0 bridgehead atoms. The number of pyridine rings is 1. The molecule has 1 amide bonds. The Balaban J connectivity index is 1.57. The molecule has 170 valence electrons. The van der Waals surface area contributed by atoms with Gasteiger partial charge in [-0.05, 0) is 91.5 Å². The SMILES string of the molecule is CCCCCC1=C(C=CC(=O)N[C@H](C)CCCc2cccnc2)Cc2cc(OC)ccc21. The van der Waals surface area contributed by atoms with Crippen molar-refractivity contribution in [2.45, 2.75) is 71.3 Å². The van der Waals surface area contributed by atoms with Crippen LogP contribution in [-0.2, 0) is 17.6 Å². The number of unbranched alkanes of at least 4 members (excludes halogenated alkanes) is 2. The Bertz CT molecular complexity index is 947. The number of ether oxygens (including phenoxy) is 1. The maximum atomic E-state index is 12.5. The van der Waals surface area contributed by atoms with E-state index in [0.717, 1.165) is 37.9 Å². The number of carbonyl (C=O) groups excluding carboxylic acids is 1. The zero-order valence-electron chi connectivity index (χ0n) is 19.7. The summed E-state index contributed by atoms with van der Waals surface area (Å²) in [6.45, 7) is 4.30. The van der Waals surface area contributed by atoms with Crippen molar-refractivity contribution in [3.63, 3.8) is 0 Å². The fourth-order valence-electron chi connectivity index (χ4n) is 4.33. The summed E-state index contributed by atoms with van der Waals surface area (Å²) in [7, 11) is 1.70. The van der Waals surface area contributed by atoms with Crippen LogP contribution in [0.5, 0.6) is 5.75 Å². The average Bonchev–Trinajstić information content (AvgIpc) is 3.15. The molecule has 32 heavy (non-hydrogen) atoms. The highest BCUT2D eigenvalue weighted by Gasteiger charge is 2.20. The molecule has 4 heteroatoms. The van der Waals surface area contributed by atoms with Gasteiger partial charge in [-0.25, -0.2) is 0 Å². The second-order valence-corrected chi connectivity index (χ2v) is 8.66. The zero-order chi connectivity index (χ0) is 22.8. The van der Waals surface area contributed by atoms with E-state index < -0.39 is 0 Å². The van der Waals surface area contributed by atoms with Gasteiger partial charge in [-0.3, -0.25) is 9.78 Å². The lowest BCUT2D eigenvalue weighted by Crippen LogP contribution is -2.31. The fourth-order valence-corrected chi connectivity index (χ4v) is 4.33. The summed E-state index contributed by atoms with van der Waals surface area (Å²) in [6.07, 6.45) is 15.9. The maximum Gasteiger partial charge on any atom is 0.244 e. The van der Waals surface area contributed by atoms with E-state index in [9.17, 15) is 4.79 Å². The van der Waals surface area contributed by atoms with Crippen molar-refractivity contribution in [3.8, 4) is 5.75 Å². The largest absolute Gasteiger partial charge is 0.497 e. The Morgan fingerprint density at radius 3 is 2.84 bits per heavy atom. The van der Waals surface area contributed by atoms with E-state index in [1.54, 1.807) is 19.4 Å². The molecule has 4 nitrogen and oxygen atoms in total. The minimum Gasteiger partial charge on any atom is -0.497 e. The number of aromatic nitrogens is 1. The number of carbonyl (C=O) groups is 1. The van der Waals surface area contributed by atoms with E-state index in [1.165, 1.54) is 47.1 Å².